The summed E-state index contributed by atoms with van der Waals surface area (Å²) >= 11 is 0. The van der Waals surface area contributed by atoms with Gasteiger partial charge >= 0.3 is 6.18 Å². The largest absolute Gasteiger partial charge is 0.482 e. The fourth-order valence-electron chi connectivity index (χ4n) is 2.17. The Labute approximate surface area is 148 Å². The van der Waals surface area contributed by atoms with Crippen molar-refractivity contribution in [1.29, 1.82) is 0 Å². The van der Waals surface area contributed by atoms with Gasteiger partial charge in [0, 0.05) is 11.8 Å². The van der Waals surface area contributed by atoms with Crippen LogP contribution in [0, 0.1) is 19.7 Å². The lowest BCUT2D eigenvalue weighted by atomic mass is 10.1. The van der Waals surface area contributed by atoms with E-state index in [1.54, 1.807) is 6.07 Å². The average Bonchev–Trinajstić information content (AvgIpc) is 2.54. The van der Waals surface area contributed by atoms with Gasteiger partial charge in [-0.05, 0) is 43.2 Å². The summed E-state index contributed by atoms with van der Waals surface area (Å²) in [6.45, 7) is 1.93. The van der Waals surface area contributed by atoms with Gasteiger partial charge in [0.15, 0.2) is 6.61 Å². The van der Waals surface area contributed by atoms with E-state index < -0.39 is 24.5 Å². The van der Waals surface area contributed by atoms with Crippen LogP contribution in [0.4, 0.5) is 28.9 Å². The van der Waals surface area contributed by atoms with Crippen LogP contribution >= 0.6 is 0 Å². The van der Waals surface area contributed by atoms with Gasteiger partial charge in [0.25, 0.3) is 0 Å². The highest BCUT2D eigenvalue weighted by Gasteiger charge is 2.29. The van der Waals surface area contributed by atoms with Gasteiger partial charge in [-0.3, -0.25) is 4.79 Å². The molecule has 0 unspecified atom stereocenters. The second-order valence-electron chi connectivity index (χ2n) is 5.76. The number of rotatable bonds is 6. The molecule has 1 amide bonds. The summed E-state index contributed by atoms with van der Waals surface area (Å²) in [7, 11) is 0. The van der Waals surface area contributed by atoms with E-state index in [1.165, 1.54) is 0 Å². The van der Waals surface area contributed by atoms with Crippen LogP contribution in [0.1, 0.15) is 11.1 Å². The number of hydrogen-bond acceptors (Lipinski definition) is 3. The molecule has 0 fully saturated rings. The fraction of sp³-hybridized carbons (Fsp3) is 0.278. The number of alkyl halides is 3. The van der Waals surface area contributed by atoms with Crippen LogP contribution in [0.15, 0.2) is 36.4 Å². The number of nitrogens with one attached hydrogen (secondary N) is 2. The van der Waals surface area contributed by atoms with E-state index in [1.807, 2.05) is 26.0 Å². The first-order valence-electron chi connectivity index (χ1n) is 7.74. The van der Waals surface area contributed by atoms with Crippen molar-refractivity contribution < 1.29 is 27.1 Å². The van der Waals surface area contributed by atoms with Gasteiger partial charge < -0.3 is 15.4 Å². The van der Waals surface area contributed by atoms with E-state index in [0.29, 0.717) is 5.69 Å². The SMILES string of the molecule is Cc1ccc(C)c(NC(=O)CNc2cc(F)ccc2OCC(F)(F)F)c1. The zero-order valence-electron chi connectivity index (χ0n) is 14.2. The molecule has 0 heterocycles. The smallest absolute Gasteiger partial charge is 0.422 e. The molecule has 0 aliphatic rings. The lowest BCUT2D eigenvalue weighted by Gasteiger charge is -2.15. The first-order chi connectivity index (χ1) is 12.1. The van der Waals surface area contributed by atoms with Crippen molar-refractivity contribution in [3.8, 4) is 5.75 Å². The van der Waals surface area contributed by atoms with E-state index >= 15 is 0 Å². The van der Waals surface area contributed by atoms with Crippen LogP contribution in [0.5, 0.6) is 5.75 Å². The van der Waals surface area contributed by atoms with Gasteiger partial charge in [-0.25, -0.2) is 4.39 Å². The quantitative estimate of drug-likeness (QED) is 0.740. The third-order valence-corrected chi connectivity index (χ3v) is 3.44. The Morgan fingerprint density at radius 1 is 1.08 bits per heavy atom. The van der Waals surface area contributed by atoms with Crippen molar-refractivity contribution >= 4 is 17.3 Å². The Morgan fingerprint density at radius 2 is 1.81 bits per heavy atom. The van der Waals surface area contributed by atoms with Crippen LogP contribution in [0.3, 0.4) is 0 Å². The minimum absolute atomic E-state index is 0.0367. The lowest BCUT2D eigenvalue weighted by Crippen LogP contribution is -2.23. The van der Waals surface area contributed by atoms with E-state index in [-0.39, 0.29) is 18.0 Å². The molecule has 0 aliphatic heterocycles. The van der Waals surface area contributed by atoms with Gasteiger partial charge in [0.1, 0.15) is 11.6 Å². The molecule has 2 aromatic carbocycles. The van der Waals surface area contributed by atoms with Crippen molar-refractivity contribution in [2.45, 2.75) is 20.0 Å². The van der Waals surface area contributed by atoms with Crippen LogP contribution in [-0.4, -0.2) is 25.2 Å². The summed E-state index contributed by atoms with van der Waals surface area (Å²) < 4.78 is 54.9. The molecule has 0 aromatic heterocycles. The second kappa shape index (κ2) is 8.07. The fourth-order valence-corrected chi connectivity index (χ4v) is 2.17. The number of amides is 1. The number of carbonyl (C=O) groups is 1. The number of aryl methyl sites for hydroxylation is 2. The Hall–Kier alpha value is -2.77. The van der Waals surface area contributed by atoms with E-state index in [4.69, 9.17) is 0 Å². The Kier molecular flexibility index (Phi) is 6.07. The van der Waals surface area contributed by atoms with Gasteiger partial charge in [0.05, 0.1) is 12.2 Å². The van der Waals surface area contributed by atoms with Gasteiger partial charge in [-0.2, -0.15) is 13.2 Å². The van der Waals surface area contributed by atoms with Crippen molar-refractivity contribution in [3.63, 3.8) is 0 Å². The zero-order valence-corrected chi connectivity index (χ0v) is 14.2. The van der Waals surface area contributed by atoms with Crippen LogP contribution in [0.25, 0.3) is 0 Å². The molecule has 2 rings (SSSR count). The maximum Gasteiger partial charge on any atom is 0.422 e. The third kappa shape index (κ3) is 5.94. The molecule has 26 heavy (non-hydrogen) atoms. The van der Waals surface area contributed by atoms with Crippen LogP contribution in [-0.2, 0) is 4.79 Å². The molecule has 0 aliphatic carbocycles. The van der Waals surface area contributed by atoms with Crippen molar-refractivity contribution in [2.24, 2.45) is 0 Å². The number of anilines is 2. The highest BCUT2D eigenvalue weighted by atomic mass is 19.4. The van der Waals surface area contributed by atoms with Gasteiger partial charge in [0.2, 0.25) is 5.91 Å². The summed E-state index contributed by atoms with van der Waals surface area (Å²) in [6.07, 6.45) is -4.52. The van der Waals surface area contributed by atoms with Gasteiger partial charge in [-0.15, -0.1) is 0 Å². The molecule has 2 aromatic rings. The first-order valence-corrected chi connectivity index (χ1v) is 7.74. The maximum absolute atomic E-state index is 13.4. The molecular weight excluding hydrogens is 352 g/mol. The normalized spacial score (nSPS) is 11.2. The van der Waals surface area contributed by atoms with E-state index in [0.717, 1.165) is 29.3 Å². The van der Waals surface area contributed by atoms with Crippen LogP contribution in [0.2, 0.25) is 0 Å². The molecule has 2 N–H and O–H groups in total. The molecular formula is C18H18F4N2O2. The monoisotopic (exact) mass is 370 g/mol. The minimum atomic E-state index is -4.52. The number of hydrogen-bond donors (Lipinski definition) is 2. The summed E-state index contributed by atoms with van der Waals surface area (Å²) in [5, 5.41) is 5.30. The highest BCUT2D eigenvalue weighted by Crippen LogP contribution is 2.27. The summed E-state index contributed by atoms with van der Waals surface area (Å²) in [6, 6.07) is 8.58. The van der Waals surface area contributed by atoms with Crippen molar-refractivity contribution in [3.05, 3.63) is 53.3 Å². The molecule has 140 valence electrons. The molecule has 0 atom stereocenters. The van der Waals surface area contributed by atoms with Gasteiger partial charge in [-0.1, -0.05) is 12.1 Å². The highest BCUT2D eigenvalue weighted by molar-refractivity contribution is 5.94. The Balaban J connectivity index is 2.02. The van der Waals surface area contributed by atoms with E-state index in [9.17, 15) is 22.4 Å². The summed E-state index contributed by atoms with van der Waals surface area (Å²) in [4.78, 5) is 12.1. The average molecular weight is 370 g/mol. The zero-order chi connectivity index (χ0) is 19.3. The maximum atomic E-state index is 13.4. The predicted molar refractivity (Wildman–Crippen MR) is 91.0 cm³/mol. The number of ether oxygens (including phenoxy) is 1. The summed E-state index contributed by atoms with van der Waals surface area (Å²) in [5.41, 5.74) is 2.42. The number of carbonyl (C=O) groups excluding carboxylic acids is 1. The molecule has 4 nitrogen and oxygen atoms in total. The molecule has 0 saturated carbocycles. The molecule has 0 saturated heterocycles. The van der Waals surface area contributed by atoms with Crippen molar-refractivity contribution in [2.75, 3.05) is 23.8 Å². The molecule has 0 bridgehead atoms. The van der Waals surface area contributed by atoms with E-state index in [2.05, 4.69) is 15.4 Å². The Bertz CT molecular complexity index is 791. The standard InChI is InChI=1S/C18H18F4N2O2/c1-11-3-4-12(2)14(7-11)24-17(25)9-23-15-8-13(19)5-6-16(15)26-10-18(20,21)22/h3-8,23H,9-10H2,1-2H3,(H,24,25). The second-order valence-corrected chi connectivity index (χ2v) is 5.76. The summed E-state index contributed by atoms with van der Waals surface area (Å²) in [5.74, 6) is -1.28. The first kappa shape index (κ1) is 19.6. The predicted octanol–water partition coefficient (Wildman–Crippen LogP) is 4.43. The molecule has 0 spiro atoms. The topological polar surface area (TPSA) is 50.4 Å². The minimum Gasteiger partial charge on any atom is -0.482 e. The number of benzene rings is 2. The molecule has 8 heteroatoms. The van der Waals surface area contributed by atoms with Crippen molar-refractivity contribution in [1.82, 2.24) is 0 Å². The Morgan fingerprint density at radius 3 is 2.50 bits per heavy atom. The lowest BCUT2D eigenvalue weighted by molar-refractivity contribution is -0.153. The third-order valence-electron chi connectivity index (χ3n) is 3.44. The van der Waals surface area contributed by atoms with Crippen LogP contribution < -0.4 is 15.4 Å². The molecule has 0 radical (unpaired) electrons. The number of halogens is 4.